The molecule has 0 fully saturated rings. The highest BCUT2D eigenvalue weighted by atomic mass is 32.2. The first-order valence-corrected chi connectivity index (χ1v) is 5.94. The SMILES string of the molecule is CSc1ccc(-c2cc(CN)[nH]n2)cc1. The molecule has 0 saturated heterocycles. The number of rotatable bonds is 3. The molecule has 3 N–H and O–H groups in total. The van der Waals surface area contributed by atoms with Crippen LogP contribution in [0.1, 0.15) is 5.69 Å². The Morgan fingerprint density at radius 2 is 2.07 bits per heavy atom. The summed E-state index contributed by atoms with van der Waals surface area (Å²) in [6.45, 7) is 0.496. The van der Waals surface area contributed by atoms with Crippen LogP contribution in [0.25, 0.3) is 11.3 Å². The van der Waals surface area contributed by atoms with E-state index in [2.05, 4.69) is 40.7 Å². The van der Waals surface area contributed by atoms with Crippen molar-refractivity contribution in [3.63, 3.8) is 0 Å². The first-order chi connectivity index (χ1) is 7.33. The normalized spacial score (nSPS) is 10.5. The van der Waals surface area contributed by atoms with E-state index < -0.39 is 0 Å². The van der Waals surface area contributed by atoms with Crippen LogP contribution >= 0.6 is 11.8 Å². The van der Waals surface area contributed by atoms with Gasteiger partial charge in [0.15, 0.2) is 0 Å². The highest BCUT2D eigenvalue weighted by Gasteiger charge is 2.02. The van der Waals surface area contributed by atoms with Crippen LogP contribution in [0, 0.1) is 0 Å². The van der Waals surface area contributed by atoms with Crippen molar-refractivity contribution in [3.8, 4) is 11.3 Å². The van der Waals surface area contributed by atoms with Gasteiger partial charge >= 0.3 is 0 Å². The van der Waals surface area contributed by atoms with E-state index in [1.807, 2.05) is 6.07 Å². The number of aromatic amines is 1. The number of nitrogens with zero attached hydrogens (tertiary/aromatic N) is 1. The van der Waals surface area contributed by atoms with Gasteiger partial charge in [0.05, 0.1) is 5.69 Å². The number of aromatic nitrogens is 2. The fourth-order valence-electron chi connectivity index (χ4n) is 1.38. The molecule has 0 bridgehead atoms. The van der Waals surface area contributed by atoms with Crippen LogP contribution in [0.3, 0.4) is 0 Å². The van der Waals surface area contributed by atoms with Gasteiger partial charge in [-0.1, -0.05) is 12.1 Å². The van der Waals surface area contributed by atoms with Gasteiger partial charge in [0.25, 0.3) is 0 Å². The van der Waals surface area contributed by atoms with Crippen LogP contribution in [-0.4, -0.2) is 16.5 Å². The van der Waals surface area contributed by atoms with Crippen LogP contribution in [0.4, 0.5) is 0 Å². The highest BCUT2D eigenvalue weighted by molar-refractivity contribution is 7.98. The van der Waals surface area contributed by atoms with Gasteiger partial charge in [-0.25, -0.2) is 0 Å². The lowest BCUT2D eigenvalue weighted by molar-refractivity contribution is 0.948. The molecule has 2 aromatic rings. The van der Waals surface area contributed by atoms with E-state index in [1.54, 1.807) is 11.8 Å². The summed E-state index contributed by atoms with van der Waals surface area (Å²) in [5.74, 6) is 0. The molecule has 0 unspecified atom stereocenters. The van der Waals surface area contributed by atoms with Crippen molar-refractivity contribution in [2.24, 2.45) is 5.73 Å². The minimum Gasteiger partial charge on any atom is -0.325 e. The van der Waals surface area contributed by atoms with Crippen molar-refractivity contribution in [1.82, 2.24) is 10.2 Å². The van der Waals surface area contributed by atoms with E-state index in [4.69, 9.17) is 5.73 Å². The maximum Gasteiger partial charge on any atom is 0.0924 e. The zero-order chi connectivity index (χ0) is 10.7. The minimum atomic E-state index is 0.496. The molecule has 4 heteroatoms. The lowest BCUT2D eigenvalue weighted by atomic mass is 10.1. The zero-order valence-corrected chi connectivity index (χ0v) is 9.34. The van der Waals surface area contributed by atoms with Gasteiger partial charge in [0.1, 0.15) is 0 Å². The van der Waals surface area contributed by atoms with Crippen LogP contribution in [0.2, 0.25) is 0 Å². The Bertz CT molecular complexity index is 433. The summed E-state index contributed by atoms with van der Waals surface area (Å²) < 4.78 is 0. The monoisotopic (exact) mass is 219 g/mol. The summed E-state index contributed by atoms with van der Waals surface area (Å²) >= 11 is 1.73. The number of nitrogens with two attached hydrogens (primary N) is 1. The summed E-state index contributed by atoms with van der Waals surface area (Å²) in [4.78, 5) is 1.26. The summed E-state index contributed by atoms with van der Waals surface area (Å²) in [6.07, 6.45) is 2.07. The predicted molar refractivity (Wildman–Crippen MR) is 63.7 cm³/mol. The fraction of sp³-hybridized carbons (Fsp3) is 0.182. The van der Waals surface area contributed by atoms with Crippen LogP contribution in [0.15, 0.2) is 35.2 Å². The van der Waals surface area contributed by atoms with Gasteiger partial charge in [0, 0.05) is 22.7 Å². The van der Waals surface area contributed by atoms with E-state index >= 15 is 0 Å². The molecule has 15 heavy (non-hydrogen) atoms. The maximum absolute atomic E-state index is 5.51. The molecule has 0 amide bonds. The topological polar surface area (TPSA) is 54.7 Å². The molecule has 0 aliphatic carbocycles. The molecule has 3 nitrogen and oxygen atoms in total. The second kappa shape index (κ2) is 4.51. The minimum absolute atomic E-state index is 0.496. The number of H-pyrrole nitrogens is 1. The third-order valence-electron chi connectivity index (χ3n) is 2.24. The van der Waals surface area contributed by atoms with Gasteiger partial charge in [-0.15, -0.1) is 11.8 Å². The van der Waals surface area contributed by atoms with E-state index in [0.717, 1.165) is 17.0 Å². The molecular formula is C11H13N3S. The predicted octanol–water partition coefficient (Wildman–Crippen LogP) is 2.26. The molecule has 0 radical (unpaired) electrons. The third-order valence-corrected chi connectivity index (χ3v) is 2.98. The molecular weight excluding hydrogens is 206 g/mol. The third kappa shape index (κ3) is 2.22. The van der Waals surface area contributed by atoms with E-state index in [9.17, 15) is 0 Å². The molecule has 1 heterocycles. The number of hydrogen-bond acceptors (Lipinski definition) is 3. The highest BCUT2D eigenvalue weighted by Crippen LogP contribution is 2.21. The summed E-state index contributed by atoms with van der Waals surface area (Å²) in [5, 5.41) is 7.10. The molecule has 1 aromatic heterocycles. The van der Waals surface area contributed by atoms with Crippen LogP contribution in [-0.2, 0) is 6.54 Å². The first kappa shape index (κ1) is 10.3. The molecule has 0 saturated carbocycles. The molecule has 1 aromatic carbocycles. The Balaban J connectivity index is 2.28. The Morgan fingerprint density at radius 3 is 2.60 bits per heavy atom. The average molecular weight is 219 g/mol. The van der Waals surface area contributed by atoms with E-state index in [0.29, 0.717) is 6.54 Å². The van der Waals surface area contributed by atoms with Crippen molar-refractivity contribution in [1.29, 1.82) is 0 Å². The lowest BCUT2D eigenvalue weighted by Gasteiger charge is -1.98. The van der Waals surface area contributed by atoms with E-state index in [-0.39, 0.29) is 0 Å². The summed E-state index contributed by atoms with van der Waals surface area (Å²) in [6, 6.07) is 10.3. The Labute approximate surface area is 93.1 Å². The standard InChI is InChI=1S/C11H13N3S/c1-15-10-4-2-8(3-5-10)11-6-9(7-12)13-14-11/h2-6H,7,12H2,1H3,(H,13,14). The quantitative estimate of drug-likeness (QED) is 0.778. The van der Waals surface area contributed by atoms with Crippen molar-refractivity contribution >= 4 is 11.8 Å². The van der Waals surface area contributed by atoms with Gasteiger partial charge in [0.2, 0.25) is 0 Å². The Kier molecular flexibility index (Phi) is 3.08. The number of nitrogens with one attached hydrogen (secondary N) is 1. The summed E-state index contributed by atoms with van der Waals surface area (Å²) in [7, 11) is 0. The first-order valence-electron chi connectivity index (χ1n) is 4.72. The van der Waals surface area contributed by atoms with Gasteiger partial charge in [-0.2, -0.15) is 5.10 Å². The molecule has 78 valence electrons. The van der Waals surface area contributed by atoms with Crippen molar-refractivity contribution in [2.75, 3.05) is 6.26 Å². The Hall–Kier alpha value is -1.26. The van der Waals surface area contributed by atoms with E-state index in [1.165, 1.54) is 4.90 Å². The molecule has 0 atom stereocenters. The van der Waals surface area contributed by atoms with Crippen LogP contribution < -0.4 is 5.73 Å². The number of benzene rings is 1. The average Bonchev–Trinajstić information content (AvgIpc) is 2.78. The second-order valence-corrected chi connectivity index (χ2v) is 4.09. The molecule has 2 rings (SSSR count). The van der Waals surface area contributed by atoms with Gasteiger partial charge in [-0.3, -0.25) is 5.10 Å². The molecule has 0 spiro atoms. The van der Waals surface area contributed by atoms with Crippen molar-refractivity contribution in [2.45, 2.75) is 11.4 Å². The van der Waals surface area contributed by atoms with Crippen molar-refractivity contribution < 1.29 is 0 Å². The smallest absolute Gasteiger partial charge is 0.0924 e. The Morgan fingerprint density at radius 1 is 1.33 bits per heavy atom. The van der Waals surface area contributed by atoms with Gasteiger partial charge < -0.3 is 5.73 Å². The zero-order valence-electron chi connectivity index (χ0n) is 8.53. The van der Waals surface area contributed by atoms with Gasteiger partial charge in [-0.05, 0) is 24.5 Å². The largest absolute Gasteiger partial charge is 0.325 e. The van der Waals surface area contributed by atoms with Crippen molar-refractivity contribution in [3.05, 3.63) is 36.0 Å². The second-order valence-electron chi connectivity index (χ2n) is 3.21. The lowest BCUT2D eigenvalue weighted by Crippen LogP contribution is -1.95. The molecule has 0 aliphatic rings. The number of hydrogen-bond donors (Lipinski definition) is 2. The van der Waals surface area contributed by atoms with Crippen LogP contribution in [0.5, 0.6) is 0 Å². The summed E-state index contributed by atoms with van der Waals surface area (Å²) in [5.41, 5.74) is 8.53. The fourth-order valence-corrected chi connectivity index (χ4v) is 1.78. The number of thioether (sulfide) groups is 1. The molecule has 0 aliphatic heterocycles. The maximum atomic E-state index is 5.51.